The van der Waals surface area contributed by atoms with Crippen molar-refractivity contribution in [3.8, 4) is 6.07 Å². The molecule has 2 heterocycles. The van der Waals surface area contributed by atoms with Crippen LogP contribution in [0.15, 0.2) is 12.4 Å². The molecule has 1 fully saturated rings. The number of nitrogens with zero attached hydrogens (tertiary/aromatic N) is 4. The van der Waals surface area contributed by atoms with E-state index in [0.29, 0.717) is 6.04 Å². The number of nitriles is 1. The van der Waals surface area contributed by atoms with Crippen molar-refractivity contribution in [1.29, 1.82) is 5.26 Å². The molecule has 3 atom stereocenters. The van der Waals surface area contributed by atoms with Crippen LogP contribution in [0.4, 0.5) is 0 Å². The summed E-state index contributed by atoms with van der Waals surface area (Å²) >= 11 is 0. The fourth-order valence-electron chi connectivity index (χ4n) is 3.38. The lowest BCUT2D eigenvalue weighted by Gasteiger charge is -2.41. The Hall–Kier alpha value is -1.34. The summed E-state index contributed by atoms with van der Waals surface area (Å²) in [6, 6.07) is 2.96. The zero-order valence-corrected chi connectivity index (χ0v) is 10.9. The lowest BCUT2D eigenvalue weighted by atomic mass is 9.79. The standard InChI is InChI=1S/C14H20N4/c1-11-2-3-12(9-15)13(8-11)18-7-6-17-5-4-16-14(17)10-18/h4-5,11-13H,2-3,6-8,10H2,1H3. The Bertz CT molecular complexity index is 459. The first-order valence-electron chi connectivity index (χ1n) is 6.91. The summed E-state index contributed by atoms with van der Waals surface area (Å²) in [5.74, 6) is 2.11. The number of rotatable bonds is 1. The summed E-state index contributed by atoms with van der Waals surface area (Å²) in [6.07, 6.45) is 7.37. The molecule has 0 aromatic carbocycles. The predicted molar refractivity (Wildman–Crippen MR) is 68.5 cm³/mol. The van der Waals surface area contributed by atoms with E-state index >= 15 is 0 Å². The summed E-state index contributed by atoms with van der Waals surface area (Å²) in [4.78, 5) is 6.89. The van der Waals surface area contributed by atoms with E-state index in [1.54, 1.807) is 0 Å². The van der Waals surface area contributed by atoms with Crippen LogP contribution in [-0.2, 0) is 13.1 Å². The molecular weight excluding hydrogens is 224 g/mol. The Kier molecular flexibility index (Phi) is 3.09. The zero-order chi connectivity index (χ0) is 12.5. The van der Waals surface area contributed by atoms with Gasteiger partial charge in [-0.05, 0) is 25.2 Å². The molecule has 1 aliphatic carbocycles. The molecule has 18 heavy (non-hydrogen) atoms. The molecule has 0 N–H and O–H groups in total. The van der Waals surface area contributed by atoms with Crippen molar-refractivity contribution < 1.29 is 0 Å². The molecule has 96 valence electrons. The van der Waals surface area contributed by atoms with Crippen LogP contribution in [0.25, 0.3) is 0 Å². The fourth-order valence-corrected chi connectivity index (χ4v) is 3.38. The lowest BCUT2D eigenvalue weighted by Crippen LogP contribution is -2.47. The van der Waals surface area contributed by atoms with Crippen LogP contribution in [0.2, 0.25) is 0 Å². The van der Waals surface area contributed by atoms with Gasteiger partial charge in [0.05, 0.1) is 18.5 Å². The highest BCUT2D eigenvalue weighted by Gasteiger charge is 2.34. The van der Waals surface area contributed by atoms with Gasteiger partial charge in [0.25, 0.3) is 0 Å². The molecule has 1 saturated carbocycles. The maximum absolute atomic E-state index is 9.34. The summed E-state index contributed by atoms with van der Waals surface area (Å²) in [5, 5.41) is 9.34. The highest BCUT2D eigenvalue weighted by Crippen LogP contribution is 2.33. The normalized spacial score (nSPS) is 32.8. The lowest BCUT2D eigenvalue weighted by molar-refractivity contribution is 0.0791. The van der Waals surface area contributed by atoms with Gasteiger partial charge in [-0.1, -0.05) is 6.92 Å². The van der Waals surface area contributed by atoms with Crippen LogP contribution in [0.3, 0.4) is 0 Å². The van der Waals surface area contributed by atoms with E-state index in [1.807, 2.05) is 6.20 Å². The first kappa shape index (κ1) is 11.7. The summed E-state index contributed by atoms with van der Waals surface area (Å²) in [5.41, 5.74) is 0. The fraction of sp³-hybridized carbons (Fsp3) is 0.714. The van der Waals surface area contributed by atoms with Crippen LogP contribution in [0, 0.1) is 23.2 Å². The summed E-state index contributed by atoms with van der Waals surface area (Å²) in [7, 11) is 0. The van der Waals surface area contributed by atoms with Crippen LogP contribution in [0.5, 0.6) is 0 Å². The monoisotopic (exact) mass is 244 g/mol. The van der Waals surface area contributed by atoms with Crippen LogP contribution >= 0.6 is 0 Å². The van der Waals surface area contributed by atoms with Gasteiger partial charge < -0.3 is 4.57 Å². The zero-order valence-electron chi connectivity index (χ0n) is 10.9. The number of aromatic nitrogens is 2. The predicted octanol–water partition coefficient (Wildman–Crippen LogP) is 2.03. The van der Waals surface area contributed by atoms with E-state index in [0.717, 1.165) is 37.8 Å². The Morgan fingerprint density at radius 2 is 2.28 bits per heavy atom. The Labute approximate surface area is 108 Å². The SMILES string of the molecule is CC1CCC(C#N)C(N2CCn3ccnc3C2)C1. The van der Waals surface area contributed by atoms with Crippen molar-refractivity contribution in [3.63, 3.8) is 0 Å². The molecular formula is C14H20N4. The van der Waals surface area contributed by atoms with E-state index in [-0.39, 0.29) is 5.92 Å². The second-order valence-electron chi connectivity index (χ2n) is 5.73. The molecule has 3 unspecified atom stereocenters. The maximum Gasteiger partial charge on any atom is 0.122 e. The molecule has 1 aromatic rings. The minimum atomic E-state index is 0.211. The van der Waals surface area contributed by atoms with Gasteiger partial charge in [0.2, 0.25) is 0 Å². The molecule has 0 spiro atoms. The summed E-state index contributed by atoms with van der Waals surface area (Å²) in [6.45, 7) is 5.28. The molecule has 2 aliphatic rings. The van der Waals surface area contributed by atoms with E-state index in [4.69, 9.17) is 0 Å². The van der Waals surface area contributed by atoms with E-state index < -0.39 is 0 Å². The molecule has 0 radical (unpaired) electrons. The molecule has 1 aliphatic heterocycles. The minimum absolute atomic E-state index is 0.211. The van der Waals surface area contributed by atoms with Gasteiger partial charge >= 0.3 is 0 Å². The van der Waals surface area contributed by atoms with Crippen LogP contribution in [-0.4, -0.2) is 27.0 Å². The Morgan fingerprint density at radius 1 is 1.39 bits per heavy atom. The van der Waals surface area contributed by atoms with Crippen molar-refractivity contribution in [1.82, 2.24) is 14.5 Å². The molecule has 0 amide bonds. The highest BCUT2D eigenvalue weighted by molar-refractivity contribution is 5.01. The van der Waals surface area contributed by atoms with Gasteiger partial charge in [-0.2, -0.15) is 5.26 Å². The summed E-state index contributed by atoms with van der Waals surface area (Å²) < 4.78 is 2.23. The number of hydrogen-bond donors (Lipinski definition) is 0. The molecule has 4 heteroatoms. The average Bonchev–Trinajstić information content (AvgIpc) is 2.85. The van der Waals surface area contributed by atoms with E-state index in [2.05, 4.69) is 33.6 Å². The van der Waals surface area contributed by atoms with Crippen molar-refractivity contribution in [2.24, 2.45) is 11.8 Å². The molecule has 1 aromatic heterocycles. The van der Waals surface area contributed by atoms with Gasteiger partial charge in [-0.3, -0.25) is 4.90 Å². The van der Waals surface area contributed by atoms with Gasteiger partial charge in [0.1, 0.15) is 5.82 Å². The first-order chi connectivity index (χ1) is 8.78. The maximum atomic E-state index is 9.34. The van der Waals surface area contributed by atoms with Crippen LogP contribution < -0.4 is 0 Å². The topological polar surface area (TPSA) is 44.9 Å². The van der Waals surface area contributed by atoms with Gasteiger partial charge in [0.15, 0.2) is 0 Å². The number of fused-ring (bicyclic) bond motifs is 1. The van der Waals surface area contributed by atoms with Gasteiger partial charge in [-0.25, -0.2) is 4.98 Å². The minimum Gasteiger partial charge on any atom is -0.333 e. The van der Waals surface area contributed by atoms with E-state index in [9.17, 15) is 5.26 Å². The second kappa shape index (κ2) is 4.74. The molecule has 0 bridgehead atoms. The third kappa shape index (κ3) is 2.04. The van der Waals surface area contributed by atoms with Crippen molar-refractivity contribution in [3.05, 3.63) is 18.2 Å². The number of imidazole rings is 1. The molecule has 3 rings (SSSR count). The molecule has 0 saturated heterocycles. The highest BCUT2D eigenvalue weighted by atomic mass is 15.3. The Morgan fingerprint density at radius 3 is 3.11 bits per heavy atom. The first-order valence-corrected chi connectivity index (χ1v) is 6.91. The van der Waals surface area contributed by atoms with Crippen molar-refractivity contribution in [2.75, 3.05) is 6.54 Å². The van der Waals surface area contributed by atoms with Crippen molar-refractivity contribution in [2.45, 2.75) is 45.3 Å². The van der Waals surface area contributed by atoms with E-state index in [1.165, 1.54) is 12.8 Å². The quantitative estimate of drug-likeness (QED) is 0.759. The van der Waals surface area contributed by atoms with Gasteiger partial charge in [0, 0.05) is 31.5 Å². The smallest absolute Gasteiger partial charge is 0.122 e. The van der Waals surface area contributed by atoms with Crippen molar-refractivity contribution >= 4 is 0 Å². The largest absolute Gasteiger partial charge is 0.333 e. The average molecular weight is 244 g/mol. The molecule has 4 nitrogen and oxygen atoms in total. The third-order valence-electron chi connectivity index (χ3n) is 4.49. The Balaban J connectivity index is 1.76. The van der Waals surface area contributed by atoms with Gasteiger partial charge in [-0.15, -0.1) is 0 Å². The number of hydrogen-bond acceptors (Lipinski definition) is 3. The second-order valence-corrected chi connectivity index (χ2v) is 5.73. The van der Waals surface area contributed by atoms with Crippen LogP contribution in [0.1, 0.15) is 32.0 Å². The third-order valence-corrected chi connectivity index (χ3v) is 4.49.